The van der Waals surface area contributed by atoms with Crippen molar-refractivity contribution in [2.45, 2.75) is 64.5 Å². The van der Waals surface area contributed by atoms with Crippen molar-refractivity contribution in [1.82, 2.24) is 4.90 Å². The van der Waals surface area contributed by atoms with Crippen LogP contribution in [-0.4, -0.2) is 36.6 Å². The van der Waals surface area contributed by atoms with E-state index in [2.05, 4.69) is 18.7 Å². The van der Waals surface area contributed by atoms with Crippen molar-refractivity contribution in [2.24, 2.45) is 0 Å². The van der Waals surface area contributed by atoms with Crippen LogP contribution in [0.3, 0.4) is 0 Å². The molecule has 0 radical (unpaired) electrons. The number of hydrogen-bond acceptors (Lipinski definition) is 3. The molecule has 0 N–H and O–H groups in total. The van der Waals surface area contributed by atoms with Crippen LogP contribution in [0.4, 0.5) is 0 Å². The van der Waals surface area contributed by atoms with E-state index in [9.17, 15) is 4.79 Å². The molecule has 1 aliphatic heterocycles. The van der Waals surface area contributed by atoms with E-state index in [4.69, 9.17) is 4.74 Å². The lowest BCUT2D eigenvalue weighted by atomic mass is 9.96. The molecule has 0 bridgehead atoms. The Labute approximate surface area is 99.1 Å². The average Bonchev–Trinajstić information content (AvgIpc) is 2.30. The highest BCUT2D eigenvalue weighted by atomic mass is 16.5. The summed E-state index contributed by atoms with van der Waals surface area (Å²) in [6.07, 6.45) is 6.65. The molecule has 1 aliphatic rings. The number of piperidine rings is 1. The van der Waals surface area contributed by atoms with Crippen LogP contribution in [0.25, 0.3) is 0 Å². The number of rotatable bonds is 5. The summed E-state index contributed by atoms with van der Waals surface area (Å²) in [5.41, 5.74) is 0. The highest BCUT2D eigenvalue weighted by Crippen LogP contribution is 2.23. The number of ether oxygens (including phenoxy) is 1. The quantitative estimate of drug-likeness (QED) is 0.676. The molecule has 16 heavy (non-hydrogen) atoms. The van der Waals surface area contributed by atoms with E-state index in [0.717, 1.165) is 13.0 Å². The molecule has 1 fully saturated rings. The number of hydrogen-bond donors (Lipinski definition) is 0. The predicted molar refractivity (Wildman–Crippen MR) is 65.3 cm³/mol. The van der Waals surface area contributed by atoms with Crippen LogP contribution in [-0.2, 0) is 9.53 Å². The first-order valence-corrected chi connectivity index (χ1v) is 6.51. The zero-order valence-corrected chi connectivity index (χ0v) is 10.9. The maximum atomic E-state index is 11.4. The average molecular weight is 227 g/mol. The summed E-state index contributed by atoms with van der Waals surface area (Å²) in [7, 11) is 1.48. The molecule has 0 aromatic carbocycles. The minimum absolute atomic E-state index is 0.0689. The molecule has 0 aromatic rings. The highest BCUT2D eigenvalue weighted by Gasteiger charge is 2.27. The topological polar surface area (TPSA) is 29.5 Å². The maximum Gasteiger partial charge on any atom is 0.307 e. The summed E-state index contributed by atoms with van der Waals surface area (Å²) in [6, 6.07) is 1.00. The summed E-state index contributed by atoms with van der Waals surface area (Å²) in [5, 5.41) is 0. The Hall–Kier alpha value is -0.570. The van der Waals surface area contributed by atoms with Gasteiger partial charge < -0.3 is 4.74 Å². The van der Waals surface area contributed by atoms with Gasteiger partial charge in [-0.05, 0) is 32.7 Å². The zero-order valence-electron chi connectivity index (χ0n) is 10.9. The minimum Gasteiger partial charge on any atom is -0.469 e. The lowest BCUT2D eigenvalue weighted by molar-refractivity contribution is -0.142. The Bertz CT molecular complexity index is 218. The van der Waals surface area contributed by atoms with E-state index < -0.39 is 0 Å². The van der Waals surface area contributed by atoms with E-state index in [-0.39, 0.29) is 5.97 Å². The molecule has 1 heterocycles. The molecule has 2 unspecified atom stereocenters. The van der Waals surface area contributed by atoms with Crippen molar-refractivity contribution in [3.05, 3.63) is 0 Å². The molecule has 1 saturated heterocycles. The first-order chi connectivity index (χ1) is 7.69. The minimum atomic E-state index is -0.0689. The molecule has 0 saturated carbocycles. The maximum absolute atomic E-state index is 11.4. The van der Waals surface area contributed by atoms with Crippen LogP contribution in [0.1, 0.15) is 52.4 Å². The smallest absolute Gasteiger partial charge is 0.307 e. The lowest BCUT2D eigenvalue weighted by Gasteiger charge is -2.39. The number of nitrogens with zero attached hydrogens (tertiary/aromatic N) is 1. The van der Waals surface area contributed by atoms with Crippen molar-refractivity contribution in [3.8, 4) is 0 Å². The van der Waals surface area contributed by atoms with Crippen LogP contribution in [0, 0.1) is 0 Å². The fraction of sp³-hybridized carbons (Fsp3) is 0.923. The molecule has 0 aliphatic carbocycles. The summed E-state index contributed by atoms with van der Waals surface area (Å²) in [6.45, 7) is 5.64. The van der Waals surface area contributed by atoms with Gasteiger partial charge in [-0.1, -0.05) is 19.8 Å². The van der Waals surface area contributed by atoms with Crippen molar-refractivity contribution in [3.63, 3.8) is 0 Å². The van der Waals surface area contributed by atoms with Gasteiger partial charge in [0.15, 0.2) is 0 Å². The van der Waals surface area contributed by atoms with Crippen LogP contribution in [0.2, 0.25) is 0 Å². The van der Waals surface area contributed by atoms with Crippen molar-refractivity contribution < 1.29 is 9.53 Å². The fourth-order valence-corrected chi connectivity index (χ4v) is 2.68. The third-order valence-electron chi connectivity index (χ3n) is 3.58. The van der Waals surface area contributed by atoms with E-state index in [1.54, 1.807) is 0 Å². The van der Waals surface area contributed by atoms with Gasteiger partial charge in [-0.3, -0.25) is 9.69 Å². The van der Waals surface area contributed by atoms with Crippen LogP contribution in [0.5, 0.6) is 0 Å². The third kappa shape index (κ3) is 3.78. The fourth-order valence-electron chi connectivity index (χ4n) is 2.68. The van der Waals surface area contributed by atoms with E-state index >= 15 is 0 Å². The zero-order chi connectivity index (χ0) is 12.0. The third-order valence-corrected chi connectivity index (χ3v) is 3.58. The number of carbonyl (C=O) groups excluding carboxylic acids is 1. The first-order valence-electron chi connectivity index (χ1n) is 6.51. The Morgan fingerprint density at radius 3 is 2.88 bits per heavy atom. The Kier molecular flexibility index (Phi) is 5.81. The Balaban J connectivity index is 2.52. The predicted octanol–water partition coefficient (Wildman–Crippen LogP) is 2.59. The van der Waals surface area contributed by atoms with Gasteiger partial charge in [0.1, 0.15) is 0 Å². The van der Waals surface area contributed by atoms with Crippen molar-refractivity contribution in [2.75, 3.05) is 13.7 Å². The van der Waals surface area contributed by atoms with Gasteiger partial charge in [0.25, 0.3) is 0 Å². The second kappa shape index (κ2) is 6.89. The summed E-state index contributed by atoms with van der Waals surface area (Å²) >= 11 is 0. The van der Waals surface area contributed by atoms with Gasteiger partial charge in [-0.2, -0.15) is 0 Å². The molecule has 3 heteroatoms. The number of carbonyl (C=O) groups is 1. The summed E-state index contributed by atoms with van der Waals surface area (Å²) in [4.78, 5) is 13.9. The standard InChI is InChI=1S/C13H25NO2/c1-4-7-11(2)14-9-6-5-8-12(14)10-13(15)16-3/h11-12H,4-10H2,1-3H3. The number of likely N-dealkylation sites (tertiary alicyclic amines) is 1. The molecule has 94 valence electrons. The largest absolute Gasteiger partial charge is 0.469 e. The van der Waals surface area contributed by atoms with E-state index in [1.165, 1.54) is 32.8 Å². The molecule has 0 amide bonds. The van der Waals surface area contributed by atoms with Crippen LogP contribution < -0.4 is 0 Å². The highest BCUT2D eigenvalue weighted by molar-refractivity contribution is 5.69. The van der Waals surface area contributed by atoms with Gasteiger partial charge in [-0.25, -0.2) is 0 Å². The summed E-state index contributed by atoms with van der Waals surface area (Å²) in [5.74, 6) is -0.0689. The SMILES string of the molecule is CCCC(C)N1CCCCC1CC(=O)OC. The van der Waals surface area contributed by atoms with Gasteiger partial charge in [0.2, 0.25) is 0 Å². The van der Waals surface area contributed by atoms with Gasteiger partial charge in [-0.15, -0.1) is 0 Å². The van der Waals surface area contributed by atoms with Gasteiger partial charge in [0, 0.05) is 12.1 Å². The second-order valence-corrected chi connectivity index (χ2v) is 4.81. The first kappa shape index (κ1) is 13.5. The van der Waals surface area contributed by atoms with E-state index in [1.807, 2.05) is 0 Å². The van der Waals surface area contributed by atoms with E-state index in [0.29, 0.717) is 18.5 Å². The summed E-state index contributed by atoms with van der Waals surface area (Å²) < 4.78 is 4.78. The number of esters is 1. The van der Waals surface area contributed by atoms with Crippen molar-refractivity contribution in [1.29, 1.82) is 0 Å². The Morgan fingerprint density at radius 2 is 2.25 bits per heavy atom. The lowest BCUT2D eigenvalue weighted by Crippen LogP contribution is -2.46. The van der Waals surface area contributed by atoms with Crippen molar-refractivity contribution >= 4 is 5.97 Å². The number of methoxy groups -OCH3 is 1. The molecule has 2 atom stereocenters. The van der Waals surface area contributed by atoms with Gasteiger partial charge in [0.05, 0.1) is 13.5 Å². The molecule has 0 spiro atoms. The second-order valence-electron chi connectivity index (χ2n) is 4.81. The van der Waals surface area contributed by atoms with Crippen LogP contribution >= 0.6 is 0 Å². The van der Waals surface area contributed by atoms with Gasteiger partial charge >= 0.3 is 5.97 Å². The molecular weight excluding hydrogens is 202 g/mol. The van der Waals surface area contributed by atoms with Crippen LogP contribution in [0.15, 0.2) is 0 Å². The molecular formula is C13H25NO2. The molecule has 1 rings (SSSR count). The monoisotopic (exact) mass is 227 g/mol. The Morgan fingerprint density at radius 1 is 1.50 bits per heavy atom. The molecule has 3 nitrogen and oxygen atoms in total. The normalized spacial score (nSPS) is 24.1. The molecule has 0 aromatic heterocycles.